The maximum Gasteiger partial charge on any atom is 0.223 e. The highest BCUT2D eigenvalue weighted by Gasteiger charge is 2.19. The van der Waals surface area contributed by atoms with Crippen LogP contribution in [-0.2, 0) is 4.79 Å². The van der Waals surface area contributed by atoms with Gasteiger partial charge in [0.2, 0.25) is 5.91 Å². The van der Waals surface area contributed by atoms with Gasteiger partial charge in [-0.2, -0.15) is 0 Å². The standard InChI is InChI=1S/C11H21BrN2O/c1-13-7-4-10(5-8-13)9-14(2)11(15)3-6-12/h10H,3-9H2,1-2H3. The summed E-state index contributed by atoms with van der Waals surface area (Å²) < 4.78 is 0. The van der Waals surface area contributed by atoms with E-state index in [9.17, 15) is 4.79 Å². The van der Waals surface area contributed by atoms with Crippen LogP contribution < -0.4 is 0 Å². The van der Waals surface area contributed by atoms with E-state index in [0.717, 1.165) is 11.9 Å². The minimum Gasteiger partial charge on any atom is -0.345 e. The van der Waals surface area contributed by atoms with Crippen LogP contribution in [0.2, 0.25) is 0 Å². The van der Waals surface area contributed by atoms with Crippen LogP contribution in [0.4, 0.5) is 0 Å². The lowest BCUT2D eigenvalue weighted by molar-refractivity contribution is -0.130. The zero-order valence-electron chi connectivity index (χ0n) is 9.71. The summed E-state index contributed by atoms with van der Waals surface area (Å²) >= 11 is 3.30. The van der Waals surface area contributed by atoms with Gasteiger partial charge in [0.05, 0.1) is 0 Å². The van der Waals surface area contributed by atoms with Crippen LogP contribution in [0.3, 0.4) is 0 Å². The Morgan fingerprint density at radius 1 is 1.47 bits per heavy atom. The molecule has 88 valence electrons. The van der Waals surface area contributed by atoms with E-state index in [2.05, 4.69) is 27.9 Å². The zero-order valence-corrected chi connectivity index (χ0v) is 11.3. The van der Waals surface area contributed by atoms with Crippen molar-refractivity contribution in [3.05, 3.63) is 0 Å². The molecule has 4 heteroatoms. The van der Waals surface area contributed by atoms with Crippen molar-refractivity contribution in [2.45, 2.75) is 19.3 Å². The van der Waals surface area contributed by atoms with Crippen molar-refractivity contribution in [2.75, 3.05) is 39.1 Å². The number of rotatable bonds is 4. The molecule has 0 atom stereocenters. The number of halogens is 1. The molecule has 0 aromatic heterocycles. The van der Waals surface area contributed by atoms with Gasteiger partial charge in [0.25, 0.3) is 0 Å². The highest BCUT2D eigenvalue weighted by atomic mass is 79.9. The summed E-state index contributed by atoms with van der Waals surface area (Å²) in [6, 6.07) is 0. The lowest BCUT2D eigenvalue weighted by atomic mass is 9.96. The summed E-state index contributed by atoms with van der Waals surface area (Å²) in [5.74, 6) is 0.955. The number of likely N-dealkylation sites (tertiary alicyclic amines) is 1. The SMILES string of the molecule is CN1CCC(CN(C)C(=O)CCBr)CC1. The summed E-state index contributed by atoms with van der Waals surface area (Å²) in [7, 11) is 4.08. The second kappa shape index (κ2) is 6.48. The molecule has 1 amide bonds. The molecule has 0 unspecified atom stereocenters. The number of alkyl halides is 1. The second-order valence-corrected chi connectivity index (χ2v) is 5.25. The second-order valence-electron chi connectivity index (χ2n) is 4.46. The molecule has 1 aliphatic heterocycles. The Labute approximate surface area is 101 Å². The molecule has 0 aromatic rings. The Bertz CT molecular complexity index is 203. The largest absolute Gasteiger partial charge is 0.345 e. The highest BCUT2D eigenvalue weighted by molar-refractivity contribution is 9.09. The van der Waals surface area contributed by atoms with Crippen LogP contribution in [-0.4, -0.2) is 54.8 Å². The molecule has 0 bridgehead atoms. The molecule has 0 aromatic carbocycles. The van der Waals surface area contributed by atoms with Crippen LogP contribution in [0, 0.1) is 5.92 Å². The Hall–Kier alpha value is -0.0900. The fourth-order valence-corrected chi connectivity index (χ4v) is 2.34. The quantitative estimate of drug-likeness (QED) is 0.728. The van der Waals surface area contributed by atoms with E-state index in [4.69, 9.17) is 0 Å². The number of carbonyl (C=O) groups is 1. The van der Waals surface area contributed by atoms with Crippen LogP contribution in [0.5, 0.6) is 0 Å². The van der Waals surface area contributed by atoms with Crippen molar-refractivity contribution in [3.8, 4) is 0 Å². The first-order valence-corrected chi connectivity index (χ1v) is 6.74. The van der Waals surface area contributed by atoms with Gasteiger partial charge in [-0.25, -0.2) is 0 Å². The predicted octanol–water partition coefficient (Wildman–Crippen LogP) is 1.57. The zero-order chi connectivity index (χ0) is 11.3. The topological polar surface area (TPSA) is 23.6 Å². The normalized spacial score (nSPS) is 19.1. The average Bonchev–Trinajstić information content (AvgIpc) is 2.22. The Kier molecular flexibility index (Phi) is 5.61. The van der Waals surface area contributed by atoms with Crippen molar-refractivity contribution in [2.24, 2.45) is 5.92 Å². The third kappa shape index (κ3) is 4.51. The van der Waals surface area contributed by atoms with Gasteiger partial charge in [0.1, 0.15) is 0 Å². The number of carbonyl (C=O) groups excluding carboxylic acids is 1. The first-order valence-electron chi connectivity index (χ1n) is 5.62. The molecule has 1 fully saturated rings. The van der Waals surface area contributed by atoms with E-state index in [1.54, 1.807) is 0 Å². The smallest absolute Gasteiger partial charge is 0.223 e. The molecule has 1 aliphatic rings. The van der Waals surface area contributed by atoms with Crippen LogP contribution >= 0.6 is 15.9 Å². The predicted molar refractivity (Wildman–Crippen MR) is 66.3 cm³/mol. The van der Waals surface area contributed by atoms with Gasteiger partial charge < -0.3 is 9.80 Å². The fraction of sp³-hybridized carbons (Fsp3) is 0.909. The minimum atomic E-state index is 0.255. The summed E-state index contributed by atoms with van der Waals surface area (Å²) in [5, 5.41) is 0.767. The van der Waals surface area contributed by atoms with E-state index in [0.29, 0.717) is 12.3 Å². The van der Waals surface area contributed by atoms with E-state index in [1.807, 2.05) is 11.9 Å². The molecule has 0 N–H and O–H groups in total. The van der Waals surface area contributed by atoms with Crippen molar-refractivity contribution >= 4 is 21.8 Å². The number of hydrogen-bond acceptors (Lipinski definition) is 2. The first kappa shape index (κ1) is 13.0. The lowest BCUT2D eigenvalue weighted by Crippen LogP contribution is -2.37. The highest BCUT2D eigenvalue weighted by Crippen LogP contribution is 2.17. The lowest BCUT2D eigenvalue weighted by Gasteiger charge is -2.31. The molecule has 0 saturated carbocycles. The number of nitrogens with zero attached hydrogens (tertiary/aromatic N) is 2. The molecular weight excluding hydrogens is 256 g/mol. The Morgan fingerprint density at radius 2 is 2.07 bits per heavy atom. The van der Waals surface area contributed by atoms with E-state index in [-0.39, 0.29) is 5.91 Å². The van der Waals surface area contributed by atoms with Crippen molar-refractivity contribution in [1.82, 2.24) is 9.80 Å². The number of hydrogen-bond donors (Lipinski definition) is 0. The summed E-state index contributed by atoms with van der Waals surface area (Å²) in [6.45, 7) is 3.27. The molecular formula is C11H21BrN2O. The third-order valence-electron chi connectivity index (χ3n) is 3.10. The van der Waals surface area contributed by atoms with Crippen LogP contribution in [0.15, 0.2) is 0 Å². The summed E-state index contributed by atoms with van der Waals surface area (Å²) in [5.41, 5.74) is 0. The van der Waals surface area contributed by atoms with Crippen molar-refractivity contribution < 1.29 is 4.79 Å². The number of piperidine rings is 1. The van der Waals surface area contributed by atoms with E-state index >= 15 is 0 Å². The third-order valence-corrected chi connectivity index (χ3v) is 3.50. The van der Waals surface area contributed by atoms with Gasteiger partial charge in [-0.3, -0.25) is 4.79 Å². The van der Waals surface area contributed by atoms with Crippen LogP contribution in [0.25, 0.3) is 0 Å². The van der Waals surface area contributed by atoms with Gasteiger partial charge in [-0.15, -0.1) is 0 Å². The molecule has 0 aliphatic carbocycles. The Morgan fingerprint density at radius 3 is 2.60 bits per heavy atom. The molecule has 15 heavy (non-hydrogen) atoms. The number of amides is 1. The minimum absolute atomic E-state index is 0.255. The molecule has 1 rings (SSSR count). The molecule has 0 radical (unpaired) electrons. The van der Waals surface area contributed by atoms with Gasteiger partial charge in [0, 0.05) is 25.3 Å². The van der Waals surface area contributed by atoms with Gasteiger partial charge in [-0.1, -0.05) is 15.9 Å². The monoisotopic (exact) mass is 276 g/mol. The Balaban J connectivity index is 2.25. The molecule has 1 saturated heterocycles. The van der Waals surface area contributed by atoms with Crippen molar-refractivity contribution in [1.29, 1.82) is 0 Å². The van der Waals surface area contributed by atoms with Crippen LogP contribution in [0.1, 0.15) is 19.3 Å². The summed E-state index contributed by atoms with van der Waals surface area (Å²) in [6.07, 6.45) is 3.06. The van der Waals surface area contributed by atoms with Gasteiger partial charge in [0.15, 0.2) is 0 Å². The van der Waals surface area contributed by atoms with Gasteiger partial charge in [-0.05, 0) is 38.9 Å². The fourth-order valence-electron chi connectivity index (χ4n) is 2.01. The van der Waals surface area contributed by atoms with E-state index in [1.165, 1.54) is 25.9 Å². The van der Waals surface area contributed by atoms with Crippen molar-refractivity contribution in [3.63, 3.8) is 0 Å². The molecule has 3 nitrogen and oxygen atoms in total. The summed E-state index contributed by atoms with van der Waals surface area (Å²) in [4.78, 5) is 15.8. The average molecular weight is 277 g/mol. The van der Waals surface area contributed by atoms with Gasteiger partial charge >= 0.3 is 0 Å². The molecule has 0 spiro atoms. The maximum atomic E-state index is 11.6. The van der Waals surface area contributed by atoms with E-state index < -0.39 is 0 Å². The first-order chi connectivity index (χ1) is 7.13. The molecule has 1 heterocycles. The maximum absolute atomic E-state index is 11.6.